The van der Waals surface area contributed by atoms with Crippen molar-refractivity contribution in [1.82, 2.24) is 9.78 Å². The number of rotatable bonds is 4. The second-order valence-corrected chi connectivity index (χ2v) is 5.96. The summed E-state index contributed by atoms with van der Waals surface area (Å²) in [5, 5.41) is 6.48. The minimum absolute atomic E-state index is 0.189. The summed E-state index contributed by atoms with van der Waals surface area (Å²) in [7, 11) is 1.44. The fraction of sp³-hybridized carbons (Fsp3) is 0.111. The van der Waals surface area contributed by atoms with E-state index in [0.717, 1.165) is 4.68 Å². The van der Waals surface area contributed by atoms with Gasteiger partial charge in [0.15, 0.2) is 0 Å². The number of aromatic nitrogens is 2. The molecule has 0 aliphatic rings. The summed E-state index contributed by atoms with van der Waals surface area (Å²) in [6, 6.07) is 10.5. The molecule has 4 nitrogen and oxygen atoms in total. The van der Waals surface area contributed by atoms with Crippen molar-refractivity contribution in [2.75, 3.05) is 5.32 Å². The van der Waals surface area contributed by atoms with Crippen LogP contribution in [0.5, 0.6) is 0 Å². The first-order chi connectivity index (χ1) is 12.4. The van der Waals surface area contributed by atoms with Crippen LogP contribution >= 0.6 is 11.6 Å². The van der Waals surface area contributed by atoms with E-state index >= 15 is 0 Å². The highest BCUT2D eigenvalue weighted by molar-refractivity contribution is 6.30. The second kappa shape index (κ2) is 7.21. The van der Waals surface area contributed by atoms with Gasteiger partial charge in [-0.25, -0.2) is 13.2 Å². The Morgan fingerprint density at radius 3 is 2.65 bits per heavy atom. The Bertz CT molecular complexity index is 972. The molecule has 0 unspecified atom stereocenters. The number of carbonyl (C=O) groups excluding carboxylic acids is 1. The van der Waals surface area contributed by atoms with Crippen molar-refractivity contribution in [3.63, 3.8) is 0 Å². The van der Waals surface area contributed by atoms with Crippen LogP contribution < -0.4 is 5.32 Å². The molecule has 0 fully saturated rings. The van der Waals surface area contributed by atoms with E-state index in [4.69, 9.17) is 11.6 Å². The Morgan fingerprint density at radius 2 is 1.92 bits per heavy atom. The van der Waals surface area contributed by atoms with E-state index in [0.29, 0.717) is 10.6 Å². The largest absolute Gasteiger partial charge is 0.321 e. The summed E-state index contributed by atoms with van der Waals surface area (Å²) < 4.78 is 41.4. The number of halogens is 4. The third kappa shape index (κ3) is 3.57. The van der Waals surface area contributed by atoms with Gasteiger partial charge in [0.25, 0.3) is 12.3 Å². The van der Waals surface area contributed by atoms with Gasteiger partial charge in [0, 0.05) is 35.1 Å². The standard InChI is InChI=1S/C18H13ClF3N3O/c1-25-9-13(16(24-25)17(21)22)18(26)23-15-5-3-2-4-11(15)12-8-10(19)6-7-14(12)20/h2-9,17H,1H3,(H,23,26). The minimum atomic E-state index is -2.89. The smallest absolute Gasteiger partial charge is 0.282 e. The van der Waals surface area contributed by atoms with Gasteiger partial charge in [-0.2, -0.15) is 5.10 Å². The molecule has 26 heavy (non-hydrogen) atoms. The fourth-order valence-electron chi connectivity index (χ4n) is 2.56. The molecule has 1 aromatic heterocycles. The van der Waals surface area contributed by atoms with Gasteiger partial charge in [0.2, 0.25) is 0 Å². The molecule has 0 radical (unpaired) electrons. The number of nitrogens with one attached hydrogen (secondary N) is 1. The topological polar surface area (TPSA) is 46.9 Å². The molecular formula is C18H13ClF3N3O. The van der Waals surface area contributed by atoms with E-state index in [9.17, 15) is 18.0 Å². The van der Waals surface area contributed by atoms with E-state index in [1.54, 1.807) is 24.3 Å². The Hall–Kier alpha value is -2.80. The van der Waals surface area contributed by atoms with Gasteiger partial charge in [-0.3, -0.25) is 9.48 Å². The van der Waals surface area contributed by atoms with Crippen molar-refractivity contribution < 1.29 is 18.0 Å². The summed E-state index contributed by atoms with van der Waals surface area (Å²) in [5.74, 6) is -1.28. The van der Waals surface area contributed by atoms with Crippen LogP contribution in [0.1, 0.15) is 22.5 Å². The minimum Gasteiger partial charge on any atom is -0.321 e. The second-order valence-electron chi connectivity index (χ2n) is 5.53. The van der Waals surface area contributed by atoms with Crippen molar-refractivity contribution in [1.29, 1.82) is 0 Å². The monoisotopic (exact) mass is 379 g/mol. The van der Waals surface area contributed by atoms with Gasteiger partial charge in [-0.15, -0.1) is 0 Å². The van der Waals surface area contributed by atoms with Crippen molar-refractivity contribution in [2.24, 2.45) is 7.05 Å². The number of hydrogen-bond donors (Lipinski definition) is 1. The third-order valence-corrected chi connectivity index (χ3v) is 3.94. The summed E-state index contributed by atoms with van der Waals surface area (Å²) >= 11 is 5.93. The van der Waals surface area contributed by atoms with Crippen molar-refractivity contribution >= 4 is 23.2 Å². The zero-order valence-corrected chi connectivity index (χ0v) is 14.3. The normalized spacial score (nSPS) is 11.0. The van der Waals surface area contributed by atoms with Gasteiger partial charge in [0.1, 0.15) is 11.5 Å². The zero-order valence-electron chi connectivity index (χ0n) is 13.5. The van der Waals surface area contributed by atoms with Crippen LogP contribution in [0.4, 0.5) is 18.9 Å². The number of para-hydroxylation sites is 1. The Labute approximate surface area is 152 Å². The Morgan fingerprint density at radius 1 is 1.19 bits per heavy atom. The third-order valence-electron chi connectivity index (χ3n) is 3.70. The highest BCUT2D eigenvalue weighted by atomic mass is 35.5. The van der Waals surface area contributed by atoms with E-state index in [1.165, 1.54) is 31.4 Å². The molecule has 0 spiro atoms. The highest BCUT2D eigenvalue weighted by Crippen LogP contribution is 2.32. The molecule has 0 aliphatic carbocycles. The number of alkyl halides is 2. The van der Waals surface area contributed by atoms with Gasteiger partial charge in [-0.05, 0) is 24.3 Å². The van der Waals surface area contributed by atoms with Gasteiger partial charge in [0.05, 0.1) is 5.56 Å². The van der Waals surface area contributed by atoms with Crippen LogP contribution in [-0.4, -0.2) is 15.7 Å². The molecule has 0 atom stereocenters. The molecule has 8 heteroatoms. The number of nitrogens with zero attached hydrogens (tertiary/aromatic N) is 2. The number of aryl methyl sites for hydroxylation is 1. The van der Waals surface area contributed by atoms with E-state index in [2.05, 4.69) is 10.4 Å². The first-order valence-corrected chi connectivity index (χ1v) is 7.92. The maximum Gasteiger partial charge on any atom is 0.282 e. The molecule has 0 bridgehead atoms. The van der Waals surface area contributed by atoms with E-state index in [-0.39, 0.29) is 16.8 Å². The molecule has 0 aliphatic heterocycles. The lowest BCUT2D eigenvalue weighted by Crippen LogP contribution is -2.14. The van der Waals surface area contributed by atoms with Gasteiger partial charge in [-0.1, -0.05) is 29.8 Å². The number of anilines is 1. The lowest BCUT2D eigenvalue weighted by Gasteiger charge is -2.12. The maximum atomic E-state index is 14.2. The van der Waals surface area contributed by atoms with Crippen LogP contribution in [0.3, 0.4) is 0 Å². The SMILES string of the molecule is Cn1cc(C(=O)Nc2ccccc2-c2cc(Cl)ccc2F)c(C(F)F)n1. The summed E-state index contributed by atoms with van der Waals surface area (Å²) in [5.41, 5.74) is -0.0278. The number of amides is 1. The fourth-order valence-corrected chi connectivity index (χ4v) is 2.73. The predicted molar refractivity (Wildman–Crippen MR) is 93.0 cm³/mol. The first kappa shape index (κ1) is 18.0. The lowest BCUT2D eigenvalue weighted by atomic mass is 10.0. The summed E-state index contributed by atoms with van der Waals surface area (Å²) in [4.78, 5) is 12.5. The van der Waals surface area contributed by atoms with Crippen molar-refractivity contribution in [2.45, 2.75) is 6.43 Å². The number of carbonyl (C=O) groups is 1. The molecule has 0 saturated carbocycles. The molecule has 3 rings (SSSR count). The predicted octanol–water partition coefficient (Wildman–Crippen LogP) is 5.07. The van der Waals surface area contributed by atoms with Crippen molar-refractivity contribution in [3.8, 4) is 11.1 Å². The van der Waals surface area contributed by atoms with Crippen LogP contribution in [-0.2, 0) is 7.05 Å². The summed E-state index contributed by atoms with van der Waals surface area (Å²) in [6.45, 7) is 0. The average molecular weight is 380 g/mol. The van der Waals surface area contributed by atoms with E-state index in [1.807, 2.05) is 0 Å². The maximum absolute atomic E-state index is 14.2. The lowest BCUT2D eigenvalue weighted by molar-refractivity contribution is 0.101. The molecule has 0 saturated heterocycles. The molecule has 1 amide bonds. The van der Waals surface area contributed by atoms with Crippen LogP contribution in [0.25, 0.3) is 11.1 Å². The molecule has 134 valence electrons. The van der Waals surface area contributed by atoms with Crippen LogP contribution in [0.2, 0.25) is 5.02 Å². The van der Waals surface area contributed by atoms with Crippen molar-refractivity contribution in [3.05, 3.63) is 70.8 Å². The summed E-state index contributed by atoms with van der Waals surface area (Å²) in [6.07, 6.45) is -1.68. The Kier molecular flexibility index (Phi) is 4.99. The number of benzene rings is 2. The molecule has 3 aromatic rings. The molecular weight excluding hydrogens is 367 g/mol. The zero-order chi connectivity index (χ0) is 18.8. The highest BCUT2D eigenvalue weighted by Gasteiger charge is 2.23. The van der Waals surface area contributed by atoms with Crippen LogP contribution in [0.15, 0.2) is 48.7 Å². The van der Waals surface area contributed by atoms with Gasteiger partial charge < -0.3 is 5.32 Å². The number of hydrogen-bond acceptors (Lipinski definition) is 2. The van der Waals surface area contributed by atoms with E-state index < -0.39 is 23.8 Å². The average Bonchev–Trinajstić information content (AvgIpc) is 3.00. The Balaban J connectivity index is 1.99. The van der Waals surface area contributed by atoms with Gasteiger partial charge >= 0.3 is 0 Å². The first-order valence-electron chi connectivity index (χ1n) is 7.54. The molecule has 1 N–H and O–H groups in total. The quantitative estimate of drug-likeness (QED) is 0.688. The van der Waals surface area contributed by atoms with Crippen LogP contribution in [0, 0.1) is 5.82 Å². The molecule has 2 aromatic carbocycles. The molecule has 1 heterocycles.